The van der Waals surface area contributed by atoms with Crippen LogP contribution in [-0.4, -0.2) is 72.0 Å². The summed E-state index contributed by atoms with van der Waals surface area (Å²) in [5, 5.41) is 8.87. The number of hydrogen-bond donors (Lipinski definition) is 1. The van der Waals surface area contributed by atoms with Gasteiger partial charge in [0.05, 0.1) is 19.1 Å². The molecule has 2 fully saturated rings. The number of carbonyl (C=O) groups excluding carboxylic acids is 1. The van der Waals surface area contributed by atoms with Gasteiger partial charge in [-0.1, -0.05) is 0 Å². The number of piperidine rings is 1. The van der Waals surface area contributed by atoms with E-state index in [9.17, 15) is 22.8 Å². The monoisotopic (exact) mass is 310 g/mol. The van der Waals surface area contributed by atoms with Crippen LogP contribution in [0.15, 0.2) is 0 Å². The van der Waals surface area contributed by atoms with Gasteiger partial charge in [-0.3, -0.25) is 0 Å². The van der Waals surface area contributed by atoms with E-state index < -0.39 is 30.2 Å². The zero-order valence-corrected chi connectivity index (χ0v) is 11.3. The van der Waals surface area contributed by atoms with E-state index in [1.54, 1.807) is 0 Å². The lowest BCUT2D eigenvalue weighted by atomic mass is 9.98. The average Bonchev–Trinajstić information content (AvgIpc) is 2.46. The van der Waals surface area contributed by atoms with Gasteiger partial charge in [-0.05, 0) is 12.8 Å². The molecule has 9 heteroatoms. The molecular formula is C12H17F3N2O4. The molecule has 0 aliphatic carbocycles. The Kier molecular flexibility index (Phi) is 4.60. The summed E-state index contributed by atoms with van der Waals surface area (Å²) in [4.78, 5) is 25.5. The van der Waals surface area contributed by atoms with E-state index >= 15 is 0 Å². The van der Waals surface area contributed by atoms with Crippen LogP contribution in [0.1, 0.15) is 12.8 Å². The molecule has 0 aromatic heterocycles. The number of carboxylic acid groups (broad SMARTS) is 1. The van der Waals surface area contributed by atoms with Crippen molar-refractivity contribution in [1.29, 1.82) is 0 Å². The molecule has 2 amide bonds. The minimum atomic E-state index is -4.31. The van der Waals surface area contributed by atoms with E-state index in [0.29, 0.717) is 6.42 Å². The van der Waals surface area contributed by atoms with Crippen LogP contribution in [0.3, 0.4) is 0 Å². The molecule has 2 atom stereocenters. The Labute approximate surface area is 119 Å². The molecule has 2 saturated heterocycles. The van der Waals surface area contributed by atoms with E-state index in [2.05, 4.69) is 0 Å². The van der Waals surface area contributed by atoms with Gasteiger partial charge < -0.3 is 19.6 Å². The maximum Gasteiger partial charge on any atom is 0.393 e. The summed E-state index contributed by atoms with van der Waals surface area (Å²) in [5.41, 5.74) is 0. The maximum atomic E-state index is 12.7. The average molecular weight is 310 g/mol. The standard InChI is InChI=1S/C12H17F3N2O4/c13-12(14,15)8-2-1-3-16(6-8)11(20)17-4-5-21-9(7-17)10(18)19/h8-9H,1-7H2,(H,18,19). The van der Waals surface area contributed by atoms with Crippen LogP contribution in [0, 0.1) is 5.92 Å². The van der Waals surface area contributed by atoms with Gasteiger partial charge in [0.2, 0.25) is 0 Å². The van der Waals surface area contributed by atoms with Crippen molar-refractivity contribution in [1.82, 2.24) is 9.80 Å². The minimum absolute atomic E-state index is 0.0220. The number of likely N-dealkylation sites (tertiary alicyclic amines) is 1. The highest BCUT2D eigenvalue weighted by atomic mass is 19.4. The number of nitrogens with zero attached hydrogens (tertiary/aromatic N) is 2. The van der Waals surface area contributed by atoms with Crippen LogP contribution >= 0.6 is 0 Å². The summed E-state index contributed by atoms with van der Waals surface area (Å²) in [5.74, 6) is -2.69. The van der Waals surface area contributed by atoms with E-state index in [1.807, 2.05) is 0 Å². The third-order valence-corrected chi connectivity index (χ3v) is 3.77. The van der Waals surface area contributed by atoms with Crippen LogP contribution < -0.4 is 0 Å². The summed E-state index contributed by atoms with van der Waals surface area (Å²) in [6.45, 7) is 0.0222. The van der Waals surface area contributed by atoms with Crippen molar-refractivity contribution < 1.29 is 32.6 Å². The van der Waals surface area contributed by atoms with Crippen molar-refractivity contribution in [3.8, 4) is 0 Å². The number of rotatable bonds is 1. The van der Waals surface area contributed by atoms with Gasteiger partial charge in [0, 0.05) is 19.6 Å². The number of ether oxygens (including phenoxy) is 1. The Hall–Kier alpha value is -1.51. The van der Waals surface area contributed by atoms with E-state index in [4.69, 9.17) is 9.84 Å². The number of urea groups is 1. The molecule has 0 spiro atoms. The summed E-state index contributed by atoms with van der Waals surface area (Å²) >= 11 is 0. The van der Waals surface area contributed by atoms with Crippen LogP contribution in [0.2, 0.25) is 0 Å². The number of hydrogen-bond acceptors (Lipinski definition) is 3. The lowest BCUT2D eigenvalue weighted by Gasteiger charge is -2.39. The number of aliphatic carboxylic acids is 1. The molecule has 120 valence electrons. The third-order valence-electron chi connectivity index (χ3n) is 3.77. The molecule has 2 aliphatic heterocycles. The highest BCUT2D eigenvalue weighted by Crippen LogP contribution is 2.33. The first-order valence-corrected chi connectivity index (χ1v) is 6.74. The van der Waals surface area contributed by atoms with Crippen molar-refractivity contribution >= 4 is 12.0 Å². The molecule has 6 nitrogen and oxygen atoms in total. The lowest BCUT2D eigenvalue weighted by molar-refractivity contribution is -0.184. The predicted molar refractivity (Wildman–Crippen MR) is 64.7 cm³/mol. The zero-order chi connectivity index (χ0) is 15.6. The van der Waals surface area contributed by atoms with Gasteiger partial charge in [-0.15, -0.1) is 0 Å². The van der Waals surface area contributed by atoms with E-state index in [0.717, 1.165) is 4.90 Å². The van der Waals surface area contributed by atoms with Crippen molar-refractivity contribution in [2.24, 2.45) is 5.92 Å². The molecule has 2 heterocycles. The first-order chi connectivity index (χ1) is 9.79. The van der Waals surface area contributed by atoms with Gasteiger partial charge in [-0.25, -0.2) is 9.59 Å². The molecule has 0 radical (unpaired) electrons. The first kappa shape index (κ1) is 15.9. The Balaban J connectivity index is 1.97. The van der Waals surface area contributed by atoms with Crippen molar-refractivity contribution in [3.05, 3.63) is 0 Å². The smallest absolute Gasteiger partial charge is 0.393 e. The fourth-order valence-corrected chi connectivity index (χ4v) is 2.59. The highest BCUT2D eigenvalue weighted by Gasteiger charge is 2.43. The summed E-state index contributed by atoms with van der Waals surface area (Å²) in [6, 6.07) is -0.543. The van der Waals surface area contributed by atoms with Gasteiger partial charge in [0.25, 0.3) is 0 Å². The third kappa shape index (κ3) is 3.78. The number of morpholine rings is 1. The zero-order valence-electron chi connectivity index (χ0n) is 11.3. The Bertz CT molecular complexity index is 416. The molecule has 21 heavy (non-hydrogen) atoms. The first-order valence-electron chi connectivity index (χ1n) is 6.74. The van der Waals surface area contributed by atoms with Crippen LogP contribution in [0.4, 0.5) is 18.0 Å². The number of amides is 2. The lowest BCUT2D eigenvalue weighted by Crippen LogP contribution is -2.55. The molecule has 1 N–H and O–H groups in total. The van der Waals surface area contributed by atoms with Crippen LogP contribution in [-0.2, 0) is 9.53 Å². The van der Waals surface area contributed by atoms with Gasteiger partial charge in [0.1, 0.15) is 0 Å². The summed E-state index contributed by atoms with van der Waals surface area (Å²) < 4.78 is 43.2. The number of alkyl halides is 3. The highest BCUT2D eigenvalue weighted by molar-refractivity contribution is 5.77. The van der Waals surface area contributed by atoms with Gasteiger partial charge in [0.15, 0.2) is 6.10 Å². The largest absolute Gasteiger partial charge is 0.479 e. The fourth-order valence-electron chi connectivity index (χ4n) is 2.59. The van der Waals surface area contributed by atoms with Crippen molar-refractivity contribution in [2.75, 3.05) is 32.8 Å². The second-order valence-corrected chi connectivity index (χ2v) is 5.25. The van der Waals surface area contributed by atoms with E-state index in [1.165, 1.54) is 4.90 Å². The Morgan fingerprint density at radius 1 is 1.14 bits per heavy atom. The SMILES string of the molecule is O=C(O)C1CN(C(=O)N2CCCC(C(F)(F)F)C2)CCO1. The molecule has 0 bridgehead atoms. The van der Waals surface area contributed by atoms with Crippen molar-refractivity contribution in [2.45, 2.75) is 25.1 Å². The fraction of sp³-hybridized carbons (Fsp3) is 0.833. The quantitative estimate of drug-likeness (QED) is 0.789. The summed E-state index contributed by atoms with van der Waals surface area (Å²) in [7, 11) is 0. The predicted octanol–water partition coefficient (Wildman–Crippen LogP) is 1.17. The molecule has 2 aliphatic rings. The molecule has 2 rings (SSSR count). The van der Waals surface area contributed by atoms with E-state index in [-0.39, 0.29) is 39.2 Å². The van der Waals surface area contributed by atoms with Gasteiger partial charge >= 0.3 is 18.2 Å². The Morgan fingerprint density at radius 3 is 2.43 bits per heavy atom. The topological polar surface area (TPSA) is 70.1 Å². The molecule has 2 unspecified atom stereocenters. The maximum absolute atomic E-state index is 12.7. The molecular weight excluding hydrogens is 293 g/mol. The molecule has 0 saturated carbocycles. The minimum Gasteiger partial charge on any atom is -0.479 e. The van der Waals surface area contributed by atoms with Gasteiger partial charge in [-0.2, -0.15) is 13.2 Å². The number of carboxylic acids is 1. The number of carbonyl (C=O) groups is 2. The number of halogens is 3. The second kappa shape index (κ2) is 6.08. The molecule has 0 aromatic carbocycles. The second-order valence-electron chi connectivity index (χ2n) is 5.25. The summed E-state index contributed by atoms with van der Waals surface area (Å²) in [6.07, 6.45) is -5.12. The van der Waals surface area contributed by atoms with Crippen LogP contribution in [0.5, 0.6) is 0 Å². The van der Waals surface area contributed by atoms with Crippen molar-refractivity contribution in [3.63, 3.8) is 0 Å². The van der Waals surface area contributed by atoms with Crippen LogP contribution in [0.25, 0.3) is 0 Å². The molecule has 0 aromatic rings. The normalized spacial score (nSPS) is 27.6. The Morgan fingerprint density at radius 2 is 1.81 bits per heavy atom.